The van der Waals surface area contributed by atoms with Gasteiger partial charge in [0.15, 0.2) is 5.69 Å². The van der Waals surface area contributed by atoms with Crippen LogP contribution in [-0.2, 0) is 11.3 Å². The molecule has 0 fully saturated rings. The molecule has 0 aliphatic heterocycles. The van der Waals surface area contributed by atoms with E-state index >= 15 is 0 Å². The average molecular weight is 278 g/mol. The third kappa shape index (κ3) is 3.66. The fourth-order valence-electron chi connectivity index (χ4n) is 1.45. The first kappa shape index (κ1) is 13.3. The lowest BCUT2D eigenvalue weighted by Crippen LogP contribution is -2.08. The van der Waals surface area contributed by atoms with Crippen molar-refractivity contribution in [2.75, 3.05) is 12.4 Å². The number of esters is 1. The van der Waals surface area contributed by atoms with Gasteiger partial charge in [-0.2, -0.15) is 0 Å². The largest absolute Gasteiger partial charge is 0.464 e. The van der Waals surface area contributed by atoms with Crippen LogP contribution in [0.3, 0.4) is 0 Å². The quantitative estimate of drug-likeness (QED) is 0.870. The minimum atomic E-state index is -0.511. The van der Waals surface area contributed by atoms with Crippen LogP contribution in [0.15, 0.2) is 36.7 Å². The van der Waals surface area contributed by atoms with Gasteiger partial charge in [-0.25, -0.2) is 9.78 Å². The zero-order valence-corrected chi connectivity index (χ0v) is 11.0. The van der Waals surface area contributed by atoms with Crippen molar-refractivity contribution in [3.63, 3.8) is 0 Å². The summed E-state index contributed by atoms with van der Waals surface area (Å²) in [4.78, 5) is 19.3. The van der Waals surface area contributed by atoms with Gasteiger partial charge in [-0.1, -0.05) is 23.7 Å². The number of nitrogens with one attached hydrogen (secondary N) is 1. The van der Waals surface area contributed by atoms with Gasteiger partial charge < -0.3 is 10.1 Å². The molecule has 98 valence electrons. The van der Waals surface area contributed by atoms with Crippen LogP contribution in [0, 0.1) is 0 Å². The molecular weight excluding hydrogens is 266 g/mol. The summed E-state index contributed by atoms with van der Waals surface area (Å²) in [6, 6.07) is 7.45. The lowest BCUT2D eigenvalue weighted by molar-refractivity contribution is 0.0593. The summed E-state index contributed by atoms with van der Waals surface area (Å²) in [5, 5.41) is 3.77. The molecule has 1 aromatic carbocycles. The van der Waals surface area contributed by atoms with Crippen molar-refractivity contribution in [3.05, 3.63) is 52.9 Å². The van der Waals surface area contributed by atoms with Crippen LogP contribution in [0.4, 0.5) is 5.82 Å². The molecular formula is C13H12ClN3O2. The molecule has 0 aliphatic rings. The molecule has 0 bridgehead atoms. The molecule has 0 spiro atoms. The molecule has 1 N–H and O–H groups in total. The van der Waals surface area contributed by atoms with E-state index in [0.29, 0.717) is 17.4 Å². The molecule has 0 aliphatic carbocycles. The molecule has 1 heterocycles. The molecule has 19 heavy (non-hydrogen) atoms. The second kappa shape index (κ2) is 6.15. The highest BCUT2D eigenvalue weighted by molar-refractivity contribution is 6.30. The Bertz CT molecular complexity index is 572. The predicted octanol–water partition coefficient (Wildman–Crippen LogP) is 2.53. The van der Waals surface area contributed by atoms with Gasteiger partial charge in [0, 0.05) is 11.6 Å². The van der Waals surface area contributed by atoms with Gasteiger partial charge in [-0.05, 0) is 17.7 Å². The Morgan fingerprint density at radius 1 is 1.32 bits per heavy atom. The number of methoxy groups -OCH3 is 1. The van der Waals surface area contributed by atoms with Crippen LogP contribution in [0.5, 0.6) is 0 Å². The van der Waals surface area contributed by atoms with Crippen LogP contribution in [-0.4, -0.2) is 23.0 Å². The molecule has 2 aromatic rings. The second-order valence-corrected chi connectivity index (χ2v) is 4.20. The molecule has 0 radical (unpaired) electrons. The molecule has 0 saturated carbocycles. The number of ether oxygens (including phenoxy) is 1. The summed E-state index contributed by atoms with van der Waals surface area (Å²) in [6.45, 7) is 0.566. The van der Waals surface area contributed by atoms with Gasteiger partial charge in [-0.3, -0.25) is 4.98 Å². The van der Waals surface area contributed by atoms with Crippen LogP contribution < -0.4 is 5.32 Å². The summed E-state index contributed by atoms with van der Waals surface area (Å²) in [5.41, 5.74) is 1.22. The Morgan fingerprint density at radius 3 is 2.74 bits per heavy atom. The number of carbonyl (C=O) groups is 1. The summed E-state index contributed by atoms with van der Waals surface area (Å²) in [7, 11) is 1.30. The van der Waals surface area contributed by atoms with Crippen molar-refractivity contribution in [3.8, 4) is 0 Å². The number of nitrogens with zero attached hydrogens (tertiary/aromatic N) is 2. The van der Waals surface area contributed by atoms with E-state index in [4.69, 9.17) is 11.6 Å². The Kier molecular flexibility index (Phi) is 4.30. The smallest absolute Gasteiger partial charge is 0.358 e. The standard InChI is InChI=1S/C13H12ClN3O2/c1-19-13(18)11-7-15-8-12(17-11)16-6-9-2-4-10(14)5-3-9/h2-5,7-8H,6H2,1H3,(H,16,17). The Balaban J connectivity index is 2.03. The SMILES string of the molecule is COC(=O)c1cncc(NCc2ccc(Cl)cc2)n1. The van der Waals surface area contributed by atoms with Crippen molar-refractivity contribution >= 4 is 23.4 Å². The fraction of sp³-hybridized carbons (Fsp3) is 0.154. The Morgan fingerprint density at radius 2 is 2.05 bits per heavy atom. The van der Waals surface area contributed by atoms with E-state index in [1.54, 1.807) is 6.20 Å². The maximum absolute atomic E-state index is 11.3. The average Bonchev–Trinajstić information content (AvgIpc) is 2.46. The summed E-state index contributed by atoms with van der Waals surface area (Å²) in [5.74, 6) is 0.000456. The van der Waals surface area contributed by atoms with E-state index in [1.807, 2.05) is 24.3 Å². The van der Waals surface area contributed by atoms with Gasteiger partial charge in [0.05, 0.1) is 19.5 Å². The number of rotatable bonds is 4. The van der Waals surface area contributed by atoms with Crippen molar-refractivity contribution in [1.29, 1.82) is 0 Å². The molecule has 0 unspecified atom stereocenters. The van der Waals surface area contributed by atoms with E-state index in [9.17, 15) is 4.79 Å². The number of hydrogen-bond acceptors (Lipinski definition) is 5. The van der Waals surface area contributed by atoms with Gasteiger partial charge in [0.2, 0.25) is 0 Å². The van der Waals surface area contributed by atoms with Crippen molar-refractivity contribution in [2.24, 2.45) is 0 Å². The van der Waals surface area contributed by atoms with Gasteiger partial charge in [0.25, 0.3) is 0 Å². The van der Waals surface area contributed by atoms with Gasteiger partial charge in [-0.15, -0.1) is 0 Å². The first-order chi connectivity index (χ1) is 9.19. The lowest BCUT2D eigenvalue weighted by Gasteiger charge is -2.06. The van der Waals surface area contributed by atoms with Crippen molar-refractivity contribution in [1.82, 2.24) is 9.97 Å². The zero-order chi connectivity index (χ0) is 13.7. The third-order valence-electron chi connectivity index (χ3n) is 2.42. The zero-order valence-electron chi connectivity index (χ0n) is 10.3. The predicted molar refractivity (Wildman–Crippen MR) is 72.2 cm³/mol. The second-order valence-electron chi connectivity index (χ2n) is 3.76. The number of aromatic nitrogens is 2. The molecule has 1 aromatic heterocycles. The summed E-state index contributed by atoms with van der Waals surface area (Å²) < 4.78 is 4.58. The summed E-state index contributed by atoms with van der Waals surface area (Å²) >= 11 is 5.81. The van der Waals surface area contributed by atoms with E-state index in [0.717, 1.165) is 5.56 Å². The topological polar surface area (TPSA) is 64.1 Å². The van der Waals surface area contributed by atoms with E-state index in [1.165, 1.54) is 13.3 Å². The van der Waals surface area contributed by atoms with E-state index in [-0.39, 0.29) is 5.69 Å². The van der Waals surface area contributed by atoms with E-state index < -0.39 is 5.97 Å². The first-order valence-corrected chi connectivity index (χ1v) is 5.95. The maximum atomic E-state index is 11.3. The highest BCUT2D eigenvalue weighted by Gasteiger charge is 2.08. The van der Waals surface area contributed by atoms with Crippen LogP contribution in [0.25, 0.3) is 0 Å². The fourth-order valence-corrected chi connectivity index (χ4v) is 1.57. The van der Waals surface area contributed by atoms with Crippen molar-refractivity contribution in [2.45, 2.75) is 6.54 Å². The van der Waals surface area contributed by atoms with Crippen LogP contribution >= 0.6 is 11.6 Å². The highest BCUT2D eigenvalue weighted by atomic mass is 35.5. The Hall–Kier alpha value is -2.14. The van der Waals surface area contributed by atoms with E-state index in [2.05, 4.69) is 20.0 Å². The molecule has 0 amide bonds. The number of halogens is 1. The van der Waals surface area contributed by atoms with Crippen molar-refractivity contribution < 1.29 is 9.53 Å². The Labute approximate surface area is 115 Å². The van der Waals surface area contributed by atoms with Crippen LogP contribution in [0.1, 0.15) is 16.1 Å². The number of hydrogen-bond donors (Lipinski definition) is 1. The number of benzene rings is 1. The molecule has 0 atom stereocenters. The minimum absolute atomic E-state index is 0.170. The molecule has 5 nitrogen and oxygen atoms in total. The molecule has 2 rings (SSSR count). The van der Waals surface area contributed by atoms with Gasteiger partial charge >= 0.3 is 5.97 Å². The number of carbonyl (C=O) groups excluding carboxylic acids is 1. The van der Waals surface area contributed by atoms with Gasteiger partial charge in [0.1, 0.15) is 5.82 Å². The lowest BCUT2D eigenvalue weighted by atomic mass is 10.2. The minimum Gasteiger partial charge on any atom is -0.464 e. The highest BCUT2D eigenvalue weighted by Crippen LogP contribution is 2.11. The monoisotopic (exact) mass is 277 g/mol. The third-order valence-corrected chi connectivity index (χ3v) is 2.67. The first-order valence-electron chi connectivity index (χ1n) is 5.57. The molecule has 6 heteroatoms. The maximum Gasteiger partial charge on any atom is 0.358 e. The summed E-state index contributed by atoms with van der Waals surface area (Å²) in [6.07, 6.45) is 2.90. The number of anilines is 1. The molecule has 0 saturated heterocycles. The van der Waals surface area contributed by atoms with Crippen LogP contribution in [0.2, 0.25) is 5.02 Å². The normalized spacial score (nSPS) is 10.0.